The summed E-state index contributed by atoms with van der Waals surface area (Å²) in [6.07, 6.45) is 2.72. The van der Waals surface area contributed by atoms with Crippen molar-refractivity contribution in [1.29, 1.82) is 0 Å². The van der Waals surface area contributed by atoms with E-state index in [0.717, 1.165) is 19.5 Å². The summed E-state index contributed by atoms with van der Waals surface area (Å²) in [5, 5.41) is 15.3. The maximum atomic E-state index is 5.18. The molecule has 0 fully saturated rings. The zero-order chi connectivity index (χ0) is 11.2. The molecule has 6 nitrogen and oxygen atoms in total. The van der Waals surface area contributed by atoms with Crippen LogP contribution in [0.2, 0.25) is 0 Å². The van der Waals surface area contributed by atoms with Crippen molar-refractivity contribution in [3.8, 4) is 11.6 Å². The second kappa shape index (κ2) is 5.41. The number of hydrogen-bond acceptors (Lipinski definition) is 5. The van der Waals surface area contributed by atoms with Gasteiger partial charge in [-0.1, -0.05) is 6.92 Å². The van der Waals surface area contributed by atoms with Gasteiger partial charge in [0.05, 0.1) is 12.8 Å². The Morgan fingerprint density at radius 1 is 1.44 bits per heavy atom. The highest BCUT2D eigenvalue weighted by Crippen LogP contribution is 2.12. The highest BCUT2D eigenvalue weighted by molar-refractivity contribution is 5.43. The molecule has 2 aromatic heterocycles. The van der Waals surface area contributed by atoms with Crippen molar-refractivity contribution in [1.82, 2.24) is 25.5 Å². The molecule has 6 heteroatoms. The summed E-state index contributed by atoms with van der Waals surface area (Å²) in [6, 6.07) is 3.62. The Labute approximate surface area is 93.6 Å². The lowest BCUT2D eigenvalue weighted by atomic mass is 10.4. The molecule has 0 aliphatic rings. The molecule has 0 aromatic carbocycles. The molecule has 16 heavy (non-hydrogen) atoms. The average Bonchev–Trinajstić information content (AvgIpc) is 2.94. The van der Waals surface area contributed by atoms with Crippen LogP contribution in [0.3, 0.4) is 0 Å². The highest BCUT2D eigenvalue weighted by Gasteiger charge is 2.07. The van der Waals surface area contributed by atoms with Gasteiger partial charge < -0.3 is 9.73 Å². The molecule has 86 valence electrons. The van der Waals surface area contributed by atoms with E-state index in [1.165, 1.54) is 0 Å². The molecule has 0 unspecified atom stereocenters. The van der Waals surface area contributed by atoms with Crippen LogP contribution in [0.1, 0.15) is 13.3 Å². The predicted octanol–water partition coefficient (Wildman–Crippen LogP) is 0.933. The van der Waals surface area contributed by atoms with Crippen LogP contribution >= 0.6 is 0 Å². The number of rotatable bonds is 6. The minimum atomic E-state index is 0.528. The first-order chi connectivity index (χ1) is 7.90. The molecule has 0 saturated carbocycles. The first-order valence-electron chi connectivity index (χ1n) is 5.42. The Morgan fingerprint density at radius 3 is 3.12 bits per heavy atom. The largest absolute Gasteiger partial charge is 0.461 e. The second-order valence-corrected chi connectivity index (χ2v) is 3.44. The lowest BCUT2D eigenvalue weighted by molar-refractivity contribution is 0.491. The quantitative estimate of drug-likeness (QED) is 0.735. The highest BCUT2D eigenvalue weighted by atomic mass is 16.3. The number of nitrogens with zero attached hydrogens (tertiary/aromatic N) is 4. The maximum absolute atomic E-state index is 5.18. The summed E-state index contributed by atoms with van der Waals surface area (Å²) in [7, 11) is 0. The Balaban J connectivity index is 1.88. The van der Waals surface area contributed by atoms with Crippen molar-refractivity contribution < 1.29 is 4.42 Å². The molecule has 2 aromatic rings. The van der Waals surface area contributed by atoms with E-state index in [4.69, 9.17) is 4.42 Å². The molecule has 1 N–H and O–H groups in total. The van der Waals surface area contributed by atoms with Gasteiger partial charge in [0.25, 0.3) is 0 Å². The molecule has 0 amide bonds. The van der Waals surface area contributed by atoms with Gasteiger partial charge in [0.2, 0.25) is 5.82 Å². The van der Waals surface area contributed by atoms with Gasteiger partial charge in [-0.15, -0.1) is 10.2 Å². The van der Waals surface area contributed by atoms with E-state index in [-0.39, 0.29) is 0 Å². The van der Waals surface area contributed by atoms with E-state index in [1.807, 2.05) is 6.07 Å². The van der Waals surface area contributed by atoms with Crippen molar-refractivity contribution in [3.05, 3.63) is 18.4 Å². The molecule has 2 heterocycles. The molecular weight excluding hydrogens is 206 g/mol. The average molecular weight is 221 g/mol. The van der Waals surface area contributed by atoms with E-state index in [1.54, 1.807) is 17.1 Å². The number of hydrogen-bond donors (Lipinski definition) is 1. The molecule has 0 atom stereocenters. The van der Waals surface area contributed by atoms with Crippen molar-refractivity contribution in [2.45, 2.75) is 19.9 Å². The Morgan fingerprint density at radius 2 is 2.38 bits per heavy atom. The molecular formula is C10H15N5O. The van der Waals surface area contributed by atoms with E-state index >= 15 is 0 Å². The van der Waals surface area contributed by atoms with Crippen molar-refractivity contribution in [3.63, 3.8) is 0 Å². The standard InChI is InChI=1S/C10H15N5O/c1-2-5-11-6-7-15-13-10(12-14-15)9-4-3-8-16-9/h3-4,8,11H,2,5-7H2,1H3. The smallest absolute Gasteiger partial charge is 0.240 e. The van der Waals surface area contributed by atoms with Gasteiger partial charge in [-0.05, 0) is 30.3 Å². The number of aromatic nitrogens is 4. The van der Waals surface area contributed by atoms with Crippen LogP contribution in [0.25, 0.3) is 11.6 Å². The third kappa shape index (κ3) is 2.66. The maximum Gasteiger partial charge on any atom is 0.240 e. The summed E-state index contributed by atoms with van der Waals surface area (Å²) >= 11 is 0. The van der Waals surface area contributed by atoms with Crippen molar-refractivity contribution in [2.75, 3.05) is 13.1 Å². The number of furan rings is 1. The molecule has 0 saturated heterocycles. The summed E-state index contributed by atoms with van der Waals surface area (Å²) in [4.78, 5) is 1.57. The van der Waals surface area contributed by atoms with Gasteiger partial charge in [0.1, 0.15) is 0 Å². The van der Waals surface area contributed by atoms with Gasteiger partial charge in [-0.25, -0.2) is 0 Å². The SMILES string of the molecule is CCCNCCn1nnc(-c2ccco2)n1. The van der Waals surface area contributed by atoms with E-state index in [0.29, 0.717) is 18.1 Å². The lowest BCUT2D eigenvalue weighted by Gasteiger charge is -2.00. The summed E-state index contributed by atoms with van der Waals surface area (Å²) < 4.78 is 5.18. The van der Waals surface area contributed by atoms with Gasteiger partial charge >= 0.3 is 0 Å². The third-order valence-electron chi connectivity index (χ3n) is 2.11. The molecule has 0 aliphatic carbocycles. The minimum absolute atomic E-state index is 0.528. The van der Waals surface area contributed by atoms with Crippen molar-refractivity contribution >= 4 is 0 Å². The van der Waals surface area contributed by atoms with E-state index < -0.39 is 0 Å². The van der Waals surface area contributed by atoms with Gasteiger partial charge in [-0.2, -0.15) is 4.80 Å². The minimum Gasteiger partial charge on any atom is -0.461 e. The van der Waals surface area contributed by atoms with Crippen LogP contribution in [0.5, 0.6) is 0 Å². The predicted molar refractivity (Wildman–Crippen MR) is 58.7 cm³/mol. The lowest BCUT2D eigenvalue weighted by Crippen LogP contribution is -2.21. The van der Waals surface area contributed by atoms with Gasteiger partial charge in [0, 0.05) is 6.54 Å². The van der Waals surface area contributed by atoms with E-state index in [2.05, 4.69) is 27.7 Å². The van der Waals surface area contributed by atoms with Crippen LogP contribution in [-0.4, -0.2) is 33.3 Å². The van der Waals surface area contributed by atoms with Crippen molar-refractivity contribution in [2.24, 2.45) is 0 Å². The fourth-order valence-corrected chi connectivity index (χ4v) is 1.32. The number of nitrogens with one attached hydrogen (secondary N) is 1. The first kappa shape index (κ1) is 10.8. The fraction of sp³-hybridized carbons (Fsp3) is 0.500. The molecule has 2 rings (SSSR count). The number of tetrazole rings is 1. The Bertz CT molecular complexity index is 409. The Hall–Kier alpha value is -1.69. The van der Waals surface area contributed by atoms with Crippen LogP contribution in [-0.2, 0) is 6.54 Å². The first-order valence-corrected chi connectivity index (χ1v) is 5.42. The summed E-state index contributed by atoms with van der Waals surface area (Å²) in [6.45, 7) is 4.71. The topological polar surface area (TPSA) is 68.8 Å². The summed E-state index contributed by atoms with van der Waals surface area (Å²) in [5.74, 6) is 1.17. The van der Waals surface area contributed by atoms with Crippen LogP contribution in [0.4, 0.5) is 0 Å². The second-order valence-electron chi connectivity index (χ2n) is 3.44. The Kier molecular flexibility index (Phi) is 3.66. The summed E-state index contributed by atoms with van der Waals surface area (Å²) in [5.41, 5.74) is 0. The van der Waals surface area contributed by atoms with Crippen LogP contribution < -0.4 is 5.32 Å². The zero-order valence-corrected chi connectivity index (χ0v) is 9.26. The molecule has 0 radical (unpaired) electrons. The molecule has 0 bridgehead atoms. The zero-order valence-electron chi connectivity index (χ0n) is 9.26. The van der Waals surface area contributed by atoms with Gasteiger partial charge in [-0.3, -0.25) is 0 Å². The third-order valence-corrected chi connectivity index (χ3v) is 2.11. The van der Waals surface area contributed by atoms with E-state index in [9.17, 15) is 0 Å². The fourth-order valence-electron chi connectivity index (χ4n) is 1.32. The van der Waals surface area contributed by atoms with Gasteiger partial charge in [0.15, 0.2) is 5.76 Å². The molecule has 0 spiro atoms. The van der Waals surface area contributed by atoms with Crippen LogP contribution in [0, 0.1) is 0 Å². The normalized spacial score (nSPS) is 10.8. The van der Waals surface area contributed by atoms with Crippen LogP contribution in [0.15, 0.2) is 22.8 Å². The molecule has 0 aliphatic heterocycles. The monoisotopic (exact) mass is 221 g/mol.